The monoisotopic (exact) mass is 323 g/mol. The van der Waals surface area contributed by atoms with Crippen molar-refractivity contribution in [3.63, 3.8) is 0 Å². The number of hydrogen-bond donors (Lipinski definition) is 2. The highest BCUT2D eigenvalue weighted by molar-refractivity contribution is 5.85. The third kappa shape index (κ3) is 5.08. The van der Waals surface area contributed by atoms with E-state index in [-0.39, 0.29) is 12.3 Å². The van der Waals surface area contributed by atoms with E-state index in [0.29, 0.717) is 25.7 Å². The van der Waals surface area contributed by atoms with Crippen molar-refractivity contribution < 1.29 is 22.9 Å². The third-order valence-electron chi connectivity index (χ3n) is 4.51. The van der Waals surface area contributed by atoms with Gasteiger partial charge in [0, 0.05) is 20.6 Å². The molecule has 126 valence electrons. The summed E-state index contributed by atoms with van der Waals surface area (Å²) in [4.78, 5) is 24.1. The van der Waals surface area contributed by atoms with Crippen LogP contribution in [0.1, 0.15) is 53.2 Å². The third-order valence-corrected chi connectivity index (χ3v) is 4.51. The summed E-state index contributed by atoms with van der Waals surface area (Å²) in [5.41, 5.74) is 0.794. The number of carbonyl (C=O) groups is 2. The van der Waals surface area contributed by atoms with Gasteiger partial charge >= 0.3 is 5.97 Å². The summed E-state index contributed by atoms with van der Waals surface area (Å²) in [7, 11) is 0. The molecule has 0 aromatic heterocycles. The molecule has 0 saturated heterocycles. The highest BCUT2D eigenvalue weighted by atomic mass is 16.4. The van der Waals surface area contributed by atoms with Crippen LogP contribution in [-0.2, 0) is 16.0 Å². The lowest BCUT2D eigenvalue weighted by atomic mass is 9.76. The summed E-state index contributed by atoms with van der Waals surface area (Å²) in [6, 6.07) is 7.93. The molecule has 1 aliphatic carbocycles. The predicted molar refractivity (Wildman–Crippen MR) is 90.0 cm³/mol. The zero-order valence-corrected chi connectivity index (χ0v) is 13.0. The van der Waals surface area contributed by atoms with Crippen LogP contribution in [0.4, 0.5) is 0 Å². The van der Waals surface area contributed by atoms with Gasteiger partial charge < -0.3 is 10.4 Å². The molecule has 4 nitrogen and oxygen atoms in total. The number of rotatable bonds is 6. The Morgan fingerprint density at radius 2 is 1.87 bits per heavy atom. The Bertz CT molecular complexity index is 682. The minimum Gasteiger partial charge on any atom is -0.480 e. The quantitative estimate of drug-likeness (QED) is 0.844. The molecule has 2 N–H and O–H groups in total. The van der Waals surface area contributed by atoms with E-state index < -0.39 is 43.5 Å². The molecule has 0 bridgehead atoms. The summed E-state index contributed by atoms with van der Waals surface area (Å²) < 4.78 is 45.5. The first-order valence-corrected chi connectivity index (χ1v) is 7.96. The van der Waals surface area contributed by atoms with Crippen molar-refractivity contribution in [2.24, 2.45) is 17.8 Å². The van der Waals surface area contributed by atoms with Crippen molar-refractivity contribution in [2.75, 3.05) is 0 Å². The second-order valence-corrected chi connectivity index (χ2v) is 6.18. The number of hydrogen-bond acceptors (Lipinski definition) is 2. The molecule has 0 aliphatic heterocycles. The van der Waals surface area contributed by atoms with E-state index in [1.165, 1.54) is 0 Å². The van der Waals surface area contributed by atoms with Crippen molar-refractivity contribution in [1.82, 2.24) is 5.32 Å². The van der Waals surface area contributed by atoms with E-state index in [0.717, 1.165) is 5.56 Å². The van der Waals surface area contributed by atoms with Crippen LogP contribution < -0.4 is 5.32 Å². The highest BCUT2D eigenvalue weighted by Crippen LogP contribution is 2.33. The van der Waals surface area contributed by atoms with Crippen molar-refractivity contribution in [1.29, 1.82) is 0 Å². The van der Waals surface area contributed by atoms with Gasteiger partial charge in [-0.15, -0.1) is 0 Å². The summed E-state index contributed by atoms with van der Waals surface area (Å²) in [6.07, 6.45) is 1.48. The number of carboxylic acid groups (broad SMARTS) is 1. The Balaban J connectivity index is 1.97. The van der Waals surface area contributed by atoms with Crippen LogP contribution >= 0.6 is 0 Å². The number of amides is 1. The van der Waals surface area contributed by atoms with Gasteiger partial charge in [-0.2, -0.15) is 0 Å². The second-order valence-electron chi connectivity index (χ2n) is 6.18. The maximum atomic E-state index is 12.6. The van der Waals surface area contributed by atoms with Crippen LogP contribution in [0, 0.1) is 17.8 Å². The molecule has 0 spiro atoms. The number of aliphatic carboxylic acids is 1. The molecule has 1 aromatic carbocycles. The summed E-state index contributed by atoms with van der Waals surface area (Å²) in [6.45, 7) is -5.18. The molecular formula is C19H27NO3. The molecule has 2 rings (SSSR count). The second kappa shape index (κ2) is 8.14. The average Bonchev–Trinajstić information content (AvgIpc) is 2.60. The van der Waals surface area contributed by atoms with Crippen molar-refractivity contribution in [2.45, 2.75) is 51.8 Å². The molecule has 0 heterocycles. The Morgan fingerprint density at radius 1 is 1.22 bits per heavy atom. The topological polar surface area (TPSA) is 66.4 Å². The van der Waals surface area contributed by atoms with E-state index >= 15 is 0 Å². The molecule has 4 heteroatoms. The van der Waals surface area contributed by atoms with Gasteiger partial charge in [0.1, 0.15) is 6.04 Å². The molecule has 1 amide bonds. The van der Waals surface area contributed by atoms with Gasteiger partial charge in [0.25, 0.3) is 0 Å². The van der Waals surface area contributed by atoms with Crippen molar-refractivity contribution in [3.8, 4) is 0 Å². The number of carbonyl (C=O) groups excluding carboxylic acids is 1. The van der Waals surface area contributed by atoms with E-state index in [1.807, 2.05) is 6.07 Å². The Kier molecular flexibility index (Phi) is 3.84. The zero-order valence-electron chi connectivity index (χ0n) is 19.0. The summed E-state index contributed by atoms with van der Waals surface area (Å²) in [5.74, 6) is -3.88. The largest absolute Gasteiger partial charge is 0.480 e. The Labute approximate surface area is 146 Å². The fourth-order valence-electron chi connectivity index (χ4n) is 3.05. The van der Waals surface area contributed by atoms with Crippen LogP contribution in [0.2, 0.25) is 0 Å². The highest BCUT2D eigenvalue weighted by Gasteiger charge is 2.30. The lowest BCUT2D eigenvalue weighted by Crippen LogP contribution is -2.45. The molecular weight excluding hydrogens is 290 g/mol. The van der Waals surface area contributed by atoms with Crippen molar-refractivity contribution >= 4 is 11.9 Å². The smallest absolute Gasteiger partial charge is 0.326 e. The van der Waals surface area contributed by atoms with Crippen LogP contribution in [-0.4, -0.2) is 23.0 Å². The minimum absolute atomic E-state index is 0.164. The lowest BCUT2D eigenvalue weighted by Gasteiger charge is -2.30. The minimum atomic E-state index is -2.59. The van der Waals surface area contributed by atoms with E-state index in [1.54, 1.807) is 24.3 Å². The molecule has 1 saturated carbocycles. The van der Waals surface area contributed by atoms with Gasteiger partial charge in [-0.1, -0.05) is 44.0 Å². The standard InChI is InChI=1S/C19H27NO3/c1-13(2)15-8-10-16(11-9-15)18(21)20-17(19(22)23)12-14-6-4-3-5-7-14/h3-7,13,15-17H,8-12H2,1-2H3,(H,20,21)(H,22,23)/t15?,16?,17-/m1/s1/i1D3,2D3. The maximum Gasteiger partial charge on any atom is 0.326 e. The van der Waals surface area contributed by atoms with E-state index in [9.17, 15) is 14.7 Å². The Morgan fingerprint density at radius 3 is 2.43 bits per heavy atom. The van der Waals surface area contributed by atoms with Gasteiger partial charge in [-0.25, -0.2) is 4.79 Å². The van der Waals surface area contributed by atoms with Crippen LogP contribution in [0.3, 0.4) is 0 Å². The van der Waals surface area contributed by atoms with E-state index in [4.69, 9.17) is 8.22 Å². The van der Waals surface area contributed by atoms with Crippen LogP contribution in [0.5, 0.6) is 0 Å². The molecule has 1 atom stereocenters. The zero-order chi connectivity index (χ0) is 21.8. The normalized spacial score (nSPS) is 27.5. The fraction of sp³-hybridized carbons (Fsp3) is 0.579. The SMILES string of the molecule is [2H]C([2H])([2H])C(C1CCC(C(=O)N[C@H](Cc2ccccc2)C(=O)O)CC1)C([2H])([2H])[2H]. The molecule has 0 radical (unpaired) electrons. The molecule has 23 heavy (non-hydrogen) atoms. The lowest BCUT2D eigenvalue weighted by molar-refractivity contribution is -0.142. The first-order valence-electron chi connectivity index (χ1n) is 11.0. The van der Waals surface area contributed by atoms with Crippen LogP contribution in [0.25, 0.3) is 0 Å². The van der Waals surface area contributed by atoms with Crippen molar-refractivity contribution in [3.05, 3.63) is 35.9 Å². The van der Waals surface area contributed by atoms with Gasteiger partial charge in [0.2, 0.25) is 5.91 Å². The van der Waals surface area contributed by atoms with Gasteiger partial charge in [0.15, 0.2) is 0 Å². The predicted octanol–water partition coefficient (Wildman–Crippen LogP) is 3.26. The Hall–Kier alpha value is -1.84. The molecule has 1 aromatic rings. The maximum absolute atomic E-state index is 12.6. The molecule has 1 fully saturated rings. The molecule has 0 unspecified atom stereocenters. The number of carboxylic acids is 1. The molecule has 1 aliphatic rings. The van der Waals surface area contributed by atoms with E-state index in [2.05, 4.69) is 5.32 Å². The van der Waals surface area contributed by atoms with Gasteiger partial charge in [-0.3, -0.25) is 4.79 Å². The summed E-state index contributed by atoms with van der Waals surface area (Å²) in [5, 5.41) is 12.0. The van der Waals surface area contributed by atoms with Crippen LogP contribution in [0.15, 0.2) is 30.3 Å². The number of benzene rings is 1. The van der Waals surface area contributed by atoms with Gasteiger partial charge in [0.05, 0.1) is 0 Å². The fourth-order valence-corrected chi connectivity index (χ4v) is 3.05. The number of nitrogens with one attached hydrogen (secondary N) is 1. The first-order chi connectivity index (χ1) is 13.4. The summed E-state index contributed by atoms with van der Waals surface area (Å²) >= 11 is 0. The average molecular weight is 323 g/mol. The first kappa shape index (κ1) is 10.8. The van der Waals surface area contributed by atoms with Gasteiger partial charge in [-0.05, 0) is 43.1 Å².